The number of anilines is 1. The maximum atomic E-state index is 12.6. The van der Waals surface area contributed by atoms with Gasteiger partial charge >= 0.3 is 0 Å². The third-order valence-electron chi connectivity index (χ3n) is 4.65. The van der Waals surface area contributed by atoms with Gasteiger partial charge in [0, 0.05) is 39.8 Å². The Bertz CT molecular complexity index is 568. The molecule has 0 saturated carbocycles. The number of likely N-dealkylation sites (tertiary alicyclic amines) is 1. The normalized spacial score (nSPS) is 20.1. The Kier molecular flexibility index (Phi) is 6.23. The first-order valence-corrected chi connectivity index (χ1v) is 8.71. The molecule has 0 aromatic heterocycles. The number of nitrogens with one attached hydrogen (secondary N) is 1. The van der Waals surface area contributed by atoms with Crippen LogP contribution in [0.5, 0.6) is 0 Å². The predicted octanol–water partition coefficient (Wildman–Crippen LogP) is 2.06. The van der Waals surface area contributed by atoms with Gasteiger partial charge < -0.3 is 15.1 Å². The average Bonchev–Trinajstić information content (AvgIpc) is 2.90. The molecule has 1 saturated heterocycles. The molecule has 2 rings (SSSR count). The van der Waals surface area contributed by atoms with Crippen molar-refractivity contribution < 1.29 is 9.59 Å². The summed E-state index contributed by atoms with van der Waals surface area (Å²) in [6, 6.07) is 8.18. The third kappa shape index (κ3) is 4.73. The number of benzene rings is 1. The van der Waals surface area contributed by atoms with E-state index in [1.54, 1.807) is 6.92 Å². The van der Waals surface area contributed by atoms with Crippen molar-refractivity contribution in [3.8, 4) is 0 Å². The second-order valence-electron chi connectivity index (χ2n) is 6.89. The van der Waals surface area contributed by atoms with E-state index in [0.717, 1.165) is 30.6 Å². The predicted molar refractivity (Wildman–Crippen MR) is 97.1 cm³/mol. The van der Waals surface area contributed by atoms with E-state index in [-0.39, 0.29) is 17.9 Å². The lowest BCUT2D eigenvalue weighted by molar-refractivity contribution is -0.129. The van der Waals surface area contributed by atoms with Crippen LogP contribution < -0.4 is 10.2 Å². The molecule has 1 fully saturated rings. The van der Waals surface area contributed by atoms with Crippen molar-refractivity contribution >= 4 is 17.5 Å². The monoisotopic (exact) mass is 331 g/mol. The summed E-state index contributed by atoms with van der Waals surface area (Å²) in [5, 5.41) is 3.01. The van der Waals surface area contributed by atoms with E-state index in [0.29, 0.717) is 18.9 Å². The van der Waals surface area contributed by atoms with Crippen molar-refractivity contribution in [2.75, 3.05) is 32.1 Å². The van der Waals surface area contributed by atoms with Crippen LogP contribution in [-0.4, -0.2) is 49.9 Å². The molecule has 5 nitrogen and oxygen atoms in total. The van der Waals surface area contributed by atoms with Crippen LogP contribution in [0.2, 0.25) is 0 Å². The highest BCUT2D eigenvalue weighted by Gasteiger charge is 2.34. The largest absolute Gasteiger partial charge is 0.378 e. The van der Waals surface area contributed by atoms with Gasteiger partial charge in [0.1, 0.15) is 0 Å². The van der Waals surface area contributed by atoms with Crippen LogP contribution >= 0.6 is 0 Å². The molecule has 0 unspecified atom stereocenters. The van der Waals surface area contributed by atoms with E-state index in [1.807, 2.05) is 48.2 Å². The van der Waals surface area contributed by atoms with Crippen LogP contribution in [0.15, 0.2) is 24.3 Å². The highest BCUT2D eigenvalue weighted by atomic mass is 16.2. The Morgan fingerprint density at radius 3 is 2.42 bits per heavy atom. The molecular formula is C19H29N3O2. The van der Waals surface area contributed by atoms with Crippen molar-refractivity contribution in [2.45, 2.75) is 39.2 Å². The number of hydrogen-bond donors (Lipinski definition) is 1. The Morgan fingerprint density at radius 1 is 1.21 bits per heavy atom. The summed E-state index contributed by atoms with van der Waals surface area (Å²) in [4.78, 5) is 27.9. The van der Waals surface area contributed by atoms with Crippen LogP contribution in [-0.2, 0) is 16.0 Å². The molecule has 0 aliphatic carbocycles. The first-order valence-electron chi connectivity index (χ1n) is 8.71. The fourth-order valence-electron chi connectivity index (χ4n) is 3.36. The van der Waals surface area contributed by atoms with Gasteiger partial charge in [0.05, 0.1) is 12.5 Å². The quantitative estimate of drug-likeness (QED) is 0.868. The van der Waals surface area contributed by atoms with Gasteiger partial charge in [-0.25, -0.2) is 0 Å². The van der Waals surface area contributed by atoms with Gasteiger partial charge in [-0.2, -0.15) is 0 Å². The van der Waals surface area contributed by atoms with Gasteiger partial charge in [0.15, 0.2) is 0 Å². The molecule has 132 valence electrons. The first-order chi connectivity index (χ1) is 11.4. The number of carbonyl (C=O) groups excluding carboxylic acids is 2. The van der Waals surface area contributed by atoms with Gasteiger partial charge in [-0.3, -0.25) is 9.59 Å². The molecule has 1 aromatic rings. The molecule has 1 aliphatic heterocycles. The Hall–Kier alpha value is -2.04. The highest BCUT2D eigenvalue weighted by Crippen LogP contribution is 2.23. The molecule has 0 spiro atoms. The van der Waals surface area contributed by atoms with E-state index < -0.39 is 0 Å². The van der Waals surface area contributed by atoms with Gasteiger partial charge in [-0.1, -0.05) is 25.5 Å². The molecule has 5 heteroatoms. The van der Waals surface area contributed by atoms with Gasteiger partial charge in [0.2, 0.25) is 11.8 Å². The van der Waals surface area contributed by atoms with Gasteiger partial charge in [-0.15, -0.1) is 0 Å². The fraction of sp³-hybridized carbons (Fsp3) is 0.579. The van der Waals surface area contributed by atoms with Crippen LogP contribution in [0.4, 0.5) is 5.69 Å². The van der Waals surface area contributed by atoms with E-state index in [9.17, 15) is 9.59 Å². The average molecular weight is 331 g/mol. The zero-order valence-corrected chi connectivity index (χ0v) is 15.2. The molecule has 1 N–H and O–H groups in total. The standard InChI is InChI=1S/C19H29N3O2/c1-5-6-16-12-22(13-18(16)20-14(2)23)19(24)11-15-7-9-17(10-8-15)21(3)4/h7-10,16,18H,5-6,11-13H2,1-4H3,(H,20,23)/t16-,18-/m1/s1. The molecule has 1 aromatic carbocycles. The lowest BCUT2D eigenvalue weighted by atomic mass is 9.98. The molecule has 1 aliphatic rings. The number of nitrogens with zero attached hydrogens (tertiary/aromatic N) is 2. The second kappa shape index (κ2) is 8.18. The molecular weight excluding hydrogens is 302 g/mol. The molecule has 2 amide bonds. The van der Waals surface area contributed by atoms with Crippen molar-refractivity contribution in [1.29, 1.82) is 0 Å². The lowest BCUT2D eigenvalue weighted by Gasteiger charge is -2.17. The Morgan fingerprint density at radius 2 is 1.88 bits per heavy atom. The number of rotatable bonds is 6. The zero-order chi connectivity index (χ0) is 17.7. The van der Waals surface area contributed by atoms with Crippen LogP contribution in [0.25, 0.3) is 0 Å². The van der Waals surface area contributed by atoms with Crippen LogP contribution in [0.3, 0.4) is 0 Å². The SMILES string of the molecule is CCC[C@@H]1CN(C(=O)Cc2ccc(N(C)C)cc2)C[C@H]1NC(C)=O. The topological polar surface area (TPSA) is 52.7 Å². The van der Waals surface area contributed by atoms with E-state index in [4.69, 9.17) is 0 Å². The van der Waals surface area contributed by atoms with Crippen molar-refractivity contribution in [2.24, 2.45) is 5.92 Å². The zero-order valence-electron chi connectivity index (χ0n) is 15.2. The molecule has 0 radical (unpaired) electrons. The molecule has 2 atom stereocenters. The fourth-order valence-corrected chi connectivity index (χ4v) is 3.36. The summed E-state index contributed by atoms with van der Waals surface area (Å²) in [5.41, 5.74) is 2.15. The number of carbonyl (C=O) groups is 2. The Balaban J connectivity index is 1.97. The molecule has 24 heavy (non-hydrogen) atoms. The smallest absolute Gasteiger partial charge is 0.227 e. The van der Waals surface area contributed by atoms with Crippen molar-refractivity contribution in [3.05, 3.63) is 29.8 Å². The summed E-state index contributed by atoms with van der Waals surface area (Å²) in [6.45, 7) is 5.05. The summed E-state index contributed by atoms with van der Waals surface area (Å²) in [6.07, 6.45) is 2.51. The summed E-state index contributed by atoms with van der Waals surface area (Å²) in [7, 11) is 4.00. The Labute approximate surface area is 145 Å². The van der Waals surface area contributed by atoms with Crippen molar-refractivity contribution in [3.63, 3.8) is 0 Å². The number of amides is 2. The minimum absolute atomic E-state index is 0.0188. The summed E-state index contributed by atoms with van der Waals surface area (Å²) >= 11 is 0. The number of hydrogen-bond acceptors (Lipinski definition) is 3. The highest BCUT2D eigenvalue weighted by molar-refractivity contribution is 5.79. The molecule has 0 bridgehead atoms. The minimum Gasteiger partial charge on any atom is -0.378 e. The first kappa shape index (κ1) is 18.3. The summed E-state index contributed by atoms with van der Waals surface area (Å²) in [5.74, 6) is 0.482. The van der Waals surface area contributed by atoms with E-state index in [1.165, 1.54) is 0 Å². The van der Waals surface area contributed by atoms with Crippen LogP contribution in [0.1, 0.15) is 32.3 Å². The second-order valence-corrected chi connectivity index (χ2v) is 6.89. The van der Waals surface area contributed by atoms with Gasteiger partial charge in [0.25, 0.3) is 0 Å². The molecule has 1 heterocycles. The maximum Gasteiger partial charge on any atom is 0.227 e. The lowest BCUT2D eigenvalue weighted by Crippen LogP contribution is -2.40. The maximum absolute atomic E-state index is 12.6. The van der Waals surface area contributed by atoms with Crippen molar-refractivity contribution in [1.82, 2.24) is 10.2 Å². The minimum atomic E-state index is -0.0188. The van der Waals surface area contributed by atoms with Gasteiger partial charge in [-0.05, 0) is 30.0 Å². The third-order valence-corrected chi connectivity index (χ3v) is 4.65. The van der Waals surface area contributed by atoms with E-state index in [2.05, 4.69) is 12.2 Å². The van der Waals surface area contributed by atoms with E-state index >= 15 is 0 Å². The van der Waals surface area contributed by atoms with Crippen LogP contribution in [0, 0.1) is 5.92 Å². The summed E-state index contributed by atoms with van der Waals surface area (Å²) < 4.78 is 0.